The number of hydrogen-bond acceptors (Lipinski definition) is 2. The van der Waals surface area contributed by atoms with E-state index in [-0.39, 0.29) is 24.4 Å². The van der Waals surface area contributed by atoms with Crippen molar-refractivity contribution in [1.29, 1.82) is 0 Å². The van der Waals surface area contributed by atoms with E-state index in [9.17, 15) is 9.18 Å². The molecule has 1 aliphatic carbocycles. The second-order valence-corrected chi connectivity index (χ2v) is 5.82. The molecule has 1 aromatic heterocycles. The van der Waals surface area contributed by atoms with Crippen LogP contribution in [-0.4, -0.2) is 30.1 Å². The maximum absolute atomic E-state index is 13.3. The summed E-state index contributed by atoms with van der Waals surface area (Å²) in [7, 11) is 0. The molecule has 2 aromatic rings. The Kier molecular flexibility index (Phi) is 4.73. The molecule has 1 fully saturated rings. The lowest BCUT2D eigenvalue weighted by atomic mass is 10.1. The predicted molar refractivity (Wildman–Crippen MR) is 83.2 cm³/mol. The molecule has 1 aliphatic rings. The second-order valence-electron chi connectivity index (χ2n) is 5.82. The first-order valence-corrected chi connectivity index (χ1v) is 7.86. The number of H-pyrrole nitrogens is 1. The van der Waals surface area contributed by atoms with Gasteiger partial charge in [0.25, 0.3) is 0 Å². The van der Waals surface area contributed by atoms with Crippen molar-refractivity contribution in [2.24, 2.45) is 0 Å². The van der Waals surface area contributed by atoms with Crippen molar-refractivity contribution in [2.75, 3.05) is 13.2 Å². The molecule has 0 bridgehead atoms. The third kappa shape index (κ3) is 3.65. The van der Waals surface area contributed by atoms with Crippen molar-refractivity contribution in [1.82, 2.24) is 10.3 Å². The summed E-state index contributed by atoms with van der Waals surface area (Å²) < 4.78 is 18.9. The Labute approximate surface area is 129 Å². The highest BCUT2D eigenvalue weighted by molar-refractivity contribution is 5.83. The van der Waals surface area contributed by atoms with Gasteiger partial charge in [0.2, 0.25) is 5.91 Å². The Morgan fingerprint density at radius 3 is 3.00 bits per heavy atom. The fourth-order valence-corrected chi connectivity index (χ4v) is 2.99. The fraction of sp³-hybridized carbons (Fsp3) is 0.471. The number of amides is 1. The molecular formula is C17H21FN2O2. The molecule has 0 saturated heterocycles. The number of nitrogens with one attached hydrogen (secondary N) is 2. The van der Waals surface area contributed by atoms with Crippen molar-refractivity contribution < 1.29 is 13.9 Å². The number of carbonyl (C=O) groups is 1. The van der Waals surface area contributed by atoms with Crippen LogP contribution in [0.1, 0.15) is 31.2 Å². The largest absolute Gasteiger partial charge is 0.368 e. The van der Waals surface area contributed by atoms with E-state index in [0.29, 0.717) is 13.0 Å². The zero-order valence-electron chi connectivity index (χ0n) is 12.5. The predicted octanol–water partition coefficient (Wildman–Crippen LogP) is 2.92. The van der Waals surface area contributed by atoms with E-state index in [1.165, 1.54) is 25.0 Å². The van der Waals surface area contributed by atoms with Crippen LogP contribution < -0.4 is 5.32 Å². The number of halogens is 1. The first-order valence-electron chi connectivity index (χ1n) is 7.86. The summed E-state index contributed by atoms with van der Waals surface area (Å²) in [5.41, 5.74) is 1.92. The number of aromatic amines is 1. The summed E-state index contributed by atoms with van der Waals surface area (Å²) in [6, 6.07) is 4.68. The van der Waals surface area contributed by atoms with Crippen LogP contribution in [-0.2, 0) is 16.0 Å². The first kappa shape index (κ1) is 15.0. The van der Waals surface area contributed by atoms with Crippen molar-refractivity contribution in [3.63, 3.8) is 0 Å². The standard InChI is InChI=1S/C17H21FN2O2/c18-13-5-6-16-15(9-13)12(10-20-16)7-8-19-17(21)11-22-14-3-1-2-4-14/h5-6,9-10,14,20H,1-4,7-8,11H2,(H,19,21). The van der Waals surface area contributed by atoms with Crippen LogP contribution in [0.5, 0.6) is 0 Å². The normalized spacial score (nSPS) is 15.5. The molecule has 3 rings (SSSR count). The minimum atomic E-state index is -0.248. The molecular weight excluding hydrogens is 283 g/mol. The van der Waals surface area contributed by atoms with Crippen LogP contribution in [0.4, 0.5) is 4.39 Å². The van der Waals surface area contributed by atoms with Gasteiger partial charge in [-0.25, -0.2) is 4.39 Å². The summed E-state index contributed by atoms with van der Waals surface area (Å²) in [6.07, 6.45) is 7.31. The highest BCUT2D eigenvalue weighted by Crippen LogP contribution is 2.21. The molecule has 0 radical (unpaired) electrons. The van der Waals surface area contributed by atoms with Crippen LogP contribution in [0.2, 0.25) is 0 Å². The van der Waals surface area contributed by atoms with E-state index in [1.54, 1.807) is 6.07 Å². The van der Waals surface area contributed by atoms with Crippen molar-refractivity contribution in [3.05, 3.63) is 35.8 Å². The van der Waals surface area contributed by atoms with Gasteiger partial charge in [0, 0.05) is 23.6 Å². The van der Waals surface area contributed by atoms with Gasteiger partial charge in [-0.3, -0.25) is 4.79 Å². The quantitative estimate of drug-likeness (QED) is 0.862. The van der Waals surface area contributed by atoms with Gasteiger partial charge in [-0.1, -0.05) is 12.8 Å². The summed E-state index contributed by atoms with van der Waals surface area (Å²) in [5, 5.41) is 3.72. The van der Waals surface area contributed by atoms with Crippen molar-refractivity contribution in [2.45, 2.75) is 38.2 Å². The molecule has 2 N–H and O–H groups in total. The van der Waals surface area contributed by atoms with E-state index in [2.05, 4.69) is 10.3 Å². The maximum Gasteiger partial charge on any atom is 0.246 e. The van der Waals surface area contributed by atoms with E-state index >= 15 is 0 Å². The number of carbonyl (C=O) groups excluding carboxylic acids is 1. The summed E-state index contributed by atoms with van der Waals surface area (Å²) >= 11 is 0. The zero-order valence-corrected chi connectivity index (χ0v) is 12.5. The lowest BCUT2D eigenvalue weighted by Crippen LogP contribution is -2.30. The molecule has 5 heteroatoms. The van der Waals surface area contributed by atoms with E-state index in [4.69, 9.17) is 4.74 Å². The van der Waals surface area contributed by atoms with Gasteiger partial charge in [-0.15, -0.1) is 0 Å². The number of rotatable bonds is 6. The van der Waals surface area contributed by atoms with E-state index in [0.717, 1.165) is 29.3 Å². The number of hydrogen-bond donors (Lipinski definition) is 2. The maximum atomic E-state index is 13.3. The Balaban J connectivity index is 1.45. The molecule has 4 nitrogen and oxygen atoms in total. The van der Waals surface area contributed by atoms with E-state index < -0.39 is 0 Å². The molecule has 22 heavy (non-hydrogen) atoms. The topological polar surface area (TPSA) is 54.1 Å². The summed E-state index contributed by atoms with van der Waals surface area (Å²) in [4.78, 5) is 14.9. The van der Waals surface area contributed by atoms with Crippen LogP contribution in [0, 0.1) is 5.82 Å². The second kappa shape index (κ2) is 6.92. The van der Waals surface area contributed by atoms with Crippen LogP contribution in [0.15, 0.2) is 24.4 Å². The Bertz CT molecular complexity index is 647. The third-order valence-corrected chi connectivity index (χ3v) is 4.20. The highest BCUT2D eigenvalue weighted by atomic mass is 19.1. The first-order chi connectivity index (χ1) is 10.7. The van der Waals surface area contributed by atoms with Crippen LogP contribution >= 0.6 is 0 Å². The number of aromatic nitrogens is 1. The van der Waals surface area contributed by atoms with Crippen molar-refractivity contribution in [3.8, 4) is 0 Å². The molecule has 1 heterocycles. The van der Waals surface area contributed by atoms with Crippen molar-refractivity contribution >= 4 is 16.8 Å². The Morgan fingerprint density at radius 2 is 2.18 bits per heavy atom. The van der Waals surface area contributed by atoms with Gasteiger partial charge >= 0.3 is 0 Å². The van der Waals surface area contributed by atoms with Gasteiger partial charge in [0.1, 0.15) is 12.4 Å². The van der Waals surface area contributed by atoms with Gasteiger partial charge < -0.3 is 15.0 Å². The van der Waals surface area contributed by atoms with Gasteiger partial charge in [-0.2, -0.15) is 0 Å². The molecule has 0 aliphatic heterocycles. The molecule has 1 aromatic carbocycles. The SMILES string of the molecule is O=C(COC1CCCC1)NCCc1c[nH]c2ccc(F)cc12. The molecule has 0 unspecified atom stereocenters. The van der Waals surface area contributed by atoms with Crippen LogP contribution in [0.25, 0.3) is 10.9 Å². The average molecular weight is 304 g/mol. The van der Waals surface area contributed by atoms with Gasteiger partial charge in [-0.05, 0) is 43.0 Å². The molecule has 1 amide bonds. The number of fused-ring (bicyclic) bond motifs is 1. The average Bonchev–Trinajstić information content (AvgIpc) is 3.15. The summed E-state index contributed by atoms with van der Waals surface area (Å²) in [6.45, 7) is 0.656. The molecule has 1 saturated carbocycles. The smallest absolute Gasteiger partial charge is 0.246 e. The Hall–Kier alpha value is -1.88. The summed E-state index contributed by atoms with van der Waals surface area (Å²) in [5.74, 6) is -0.333. The molecule has 0 spiro atoms. The lowest BCUT2D eigenvalue weighted by molar-refractivity contribution is -0.127. The number of ether oxygens (including phenoxy) is 1. The molecule has 118 valence electrons. The van der Waals surface area contributed by atoms with E-state index in [1.807, 2.05) is 6.20 Å². The monoisotopic (exact) mass is 304 g/mol. The zero-order chi connectivity index (χ0) is 15.4. The van der Waals surface area contributed by atoms with Gasteiger partial charge in [0.05, 0.1) is 6.10 Å². The molecule has 0 atom stereocenters. The number of benzene rings is 1. The fourth-order valence-electron chi connectivity index (χ4n) is 2.99. The third-order valence-electron chi connectivity index (χ3n) is 4.20. The van der Waals surface area contributed by atoms with Gasteiger partial charge in [0.15, 0.2) is 0 Å². The minimum Gasteiger partial charge on any atom is -0.368 e. The minimum absolute atomic E-state index is 0.0853. The Morgan fingerprint density at radius 1 is 1.36 bits per heavy atom. The lowest BCUT2D eigenvalue weighted by Gasteiger charge is -2.11. The van der Waals surface area contributed by atoms with Crippen LogP contribution in [0.3, 0.4) is 0 Å². The highest BCUT2D eigenvalue weighted by Gasteiger charge is 2.16.